The van der Waals surface area contributed by atoms with E-state index >= 15 is 0 Å². The summed E-state index contributed by atoms with van der Waals surface area (Å²) in [7, 11) is 0. The fraction of sp³-hybridized carbons (Fsp3) is 0.417. The summed E-state index contributed by atoms with van der Waals surface area (Å²) >= 11 is 12.6. The molecule has 31 heavy (non-hydrogen) atoms. The van der Waals surface area contributed by atoms with Crippen LogP contribution in [0.2, 0.25) is 10.0 Å². The highest BCUT2D eigenvalue weighted by Crippen LogP contribution is 2.29. The van der Waals surface area contributed by atoms with Crippen LogP contribution in [-0.2, 0) is 4.79 Å². The van der Waals surface area contributed by atoms with Crippen LogP contribution < -0.4 is 10.6 Å². The van der Waals surface area contributed by atoms with Gasteiger partial charge in [0.2, 0.25) is 5.91 Å². The zero-order valence-corrected chi connectivity index (χ0v) is 19.4. The zero-order chi connectivity index (χ0) is 22.4. The minimum atomic E-state index is -0.672. The number of amides is 2. The summed E-state index contributed by atoms with van der Waals surface area (Å²) in [5.41, 5.74) is 1.36. The van der Waals surface area contributed by atoms with Crippen molar-refractivity contribution in [3.8, 4) is 0 Å². The molecule has 2 atom stereocenters. The second-order valence-corrected chi connectivity index (χ2v) is 9.01. The molecule has 1 aliphatic rings. The minimum absolute atomic E-state index is 0.00719. The van der Waals surface area contributed by atoms with Crippen molar-refractivity contribution in [3.05, 3.63) is 69.7 Å². The molecule has 0 radical (unpaired) electrons. The molecule has 0 aliphatic carbocycles. The summed E-state index contributed by atoms with van der Waals surface area (Å²) in [5, 5.41) is 6.95. The van der Waals surface area contributed by atoms with Gasteiger partial charge in [0.15, 0.2) is 0 Å². The van der Waals surface area contributed by atoms with Gasteiger partial charge in [0.05, 0.1) is 16.6 Å². The van der Waals surface area contributed by atoms with E-state index in [1.54, 1.807) is 24.3 Å². The molecule has 0 bridgehead atoms. The van der Waals surface area contributed by atoms with Crippen LogP contribution in [-0.4, -0.2) is 42.4 Å². The molecular weight excluding hydrogens is 433 g/mol. The minimum Gasteiger partial charge on any atom is -0.352 e. The summed E-state index contributed by atoms with van der Waals surface area (Å²) in [6.45, 7) is 6.19. The van der Waals surface area contributed by atoms with Gasteiger partial charge in [-0.3, -0.25) is 14.5 Å². The summed E-state index contributed by atoms with van der Waals surface area (Å²) < 4.78 is 0. The number of rotatable bonds is 8. The normalized spacial score (nSPS) is 16.2. The van der Waals surface area contributed by atoms with Gasteiger partial charge in [0.1, 0.15) is 6.04 Å². The number of carbonyl (C=O) groups excluding carboxylic acids is 2. The van der Waals surface area contributed by atoms with Gasteiger partial charge in [-0.25, -0.2) is 0 Å². The van der Waals surface area contributed by atoms with Gasteiger partial charge in [-0.05, 0) is 55.6 Å². The number of carbonyl (C=O) groups is 2. The number of nitrogens with one attached hydrogen (secondary N) is 2. The van der Waals surface area contributed by atoms with Crippen molar-refractivity contribution in [1.82, 2.24) is 15.5 Å². The molecule has 2 N–H and O–H groups in total. The van der Waals surface area contributed by atoms with E-state index in [2.05, 4.69) is 15.5 Å². The van der Waals surface area contributed by atoms with Crippen molar-refractivity contribution < 1.29 is 9.59 Å². The second-order valence-electron chi connectivity index (χ2n) is 8.20. The van der Waals surface area contributed by atoms with Crippen LogP contribution in [0.15, 0.2) is 48.5 Å². The highest BCUT2D eigenvalue weighted by molar-refractivity contribution is 6.33. The maximum absolute atomic E-state index is 13.1. The molecule has 5 nitrogen and oxygen atoms in total. The van der Waals surface area contributed by atoms with E-state index in [9.17, 15) is 9.59 Å². The Hall–Kier alpha value is -2.08. The summed E-state index contributed by atoms with van der Waals surface area (Å²) in [4.78, 5) is 28.1. The van der Waals surface area contributed by atoms with E-state index in [4.69, 9.17) is 23.2 Å². The van der Waals surface area contributed by atoms with Gasteiger partial charge in [0, 0.05) is 11.6 Å². The van der Waals surface area contributed by atoms with Gasteiger partial charge in [-0.15, -0.1) is 0 Å². The lowest BCUT2D eigenvalue weighted by Gasteiger charge is -2.30. The number of nitrogens with zero attached hydrogens (tertiary/aromatic N) is 1. The molecule has 0 spiro atoms. The molecule has 2 aromatic rings. The Morgan fingerprint density at radius 3 is 2.19 bits per heavy atom. The quantitative estimate of drug-likeness (QED) is 0.598. The van der Waals surface area contributed by atoms with Crippen LogP contribution in [0.3, 0.4) is 0 Å². The lowest BCUT2D eigenvalue weighted by molar-refractivity contribution is -0.124. The van der Waals surface area contributed by atoms with Crippen molar-refractivity contribution in [2.75, 3.05) is 19.6 Å². The van der Waals surface area contributed by atoms with Gasteiger partial charge in [0.25, 0.3) is 5.91 Å². The molecule has 0 aromatic heterocycles. The zero-order valence-electron chi connectivity index (χ0n) is 17.9. The predicted molar refractivity (Wildman–Crippen MR) is 126 cm³/mol. The second kappa shape index (κ2) is 11.0. The highest BCUT2D eigenvalue weighted by Gasteiger charge is 2.29. The van der Waals surface area contributed by atoms with Crippen molar-refractivity contribution in [2.45, 2.75) is 38.8 Å². The Balaban J connectivity index is 1.71. The van der Waals surface area contributed by atoms with Crippen LogP contribution in [0.25, 0.3) is 0 Å². The van der Waals surface area contributed by atoms with Gasteiger partial charge in [-0.2, -0.15) is 0 Å². The van der Waals surface area contributed by atoms with Crippen molar-refractivity contribution in [3.63, 3.8) is 0 Å². The summed E-state index contributed by atoms with van der Waals surface area (Å²) in [5.74, 6) is -0.662. The first-order valence-corrected chi connectivity index (χ1v) is 11.5. The largest absolute Gasteiger partial charge is 0.352 e. The average Bonchev–Trinajstić information content (AvgIpc) is 3.27. The molecule has 3 rings (SSSR count). The third-order valence-electron chi connectivity index (χ3n) is 5.67. The summed E-state index contributed by atoms with van der Waals surface area (Å²) in [6, 6.07) is 13.9. The van der Waals surface area contributed by atoms with Crippen molar-refractivity contribution >= 4 is 35.0 Å². The molecule has 1 aliphatic heterocycles. The van der Waals surface area contributed by atoms with Crippen molar-refractivity contribution in [2.24, 2.45) is 5.92 Å². The van der Waals surface area contributed by atoms with Crippen LogP contribution in [0, 0.1) is 5.92 Å². The van der Waals surface area contributed by atoms with E-state index in [0.29, 0.717) is 22.2 Å². The molecule has 2 aromatic carbocycles. The fourth-order valence-corrected chi connectivity index (χ4v) is 4.42. The summed E-state index contributed by atoms with van der Waals surface area (Å²) in [6.07, 6.45) is 2.27. The van der Waals surface area contributed by atoms with E-state index in [-0.39, 0.29) is 23.8 Å². The van der Waals surface area contributed by atoms with Crippen LogP contribution in [0.1, 0.15) is 48.7 Å². The first kappa shape index (κ1) is 23.6. The Morgan fingerprint density at radius 2 is 1.58 bits per heavy atom. The van der Waals surface area contributed by atoms with Crippen LogP contribution in [0.5, 0.6) is 0 Å². The SMILES string of the molecule is CC(C)[C@@H](NC(=O)c1ccccc1Cl)C(=O)NC[C@@H](c1ccccc1Cl)N1CCCC1. The smallest absolute Gasteiger partial charge is 0.253 e. The van der Waals surface area contributed by atoms with E-state index < -0.39 is 6.04 Å². The molecule has 7 heteroatoms. The fourth-order valence-electron chi connectivity index (χ4n) is 3.94. The Kier molecular flexibility index (Phi) is 8.35. The van der Waals surface area contributed by atoms with Crippen LogP contribution >= 0.6 is 23.2 Å². The molecule has 1 saturated heterocycles. The number of likely N-dealkylation sites (tertiary alicyclic amines) is 1. The molecule has 0 saturated carbocycles. The maximum atomic E-state index is 13.1. The van der Waals surface area contributed by atoms with Gasteiger partial charge >= 0.3 is 0 Å². The average molecular weight is 462 g/mol. The van der Waals surface area contributed by atoms with Gasteiger partial charge in [-0.1, -0.05) is 67.4 Å². The Bertz CT molecular complexity index is 913. The molecule has 166 valence electrons. The molecule has 0 unspecified atom stereocenters. The first-order valence-electron chi connectivity index (χ1n) is 10.7. The number of hydrogen-bond acceptors (Lipinski definition) is 3. The number of halogens is 2. The van der Waals surface area contributed by atoms with E-state index in [0.717, 1.165) is 31.5 Å². The Labute approximate surface area is 194 Å². The lowest BCUT2D eigenvalue weighted by atomic mass is 10.0. The number of benzene rings is 2. The van der Waals surface area contributed by atoms with E-state index in [1.165, 1.54) is 0 Å². The van der Waals surface area contributed by atoms with Crippen molar-refractivity contribution in [1.29, 1.82) is 0 Å². The highest BCUT2D eigenvalue weighted by atomic mass is 35.5. The standard InChI is InChI=1S/C24H29Cl2N3O2/c1-16(2)22(28-23(30)18-10-4-6-12-20(18)26)24(31)27-15-21(29-13-7-8-14-29)17-9-3-5-11-19(17)25/h3-6,9-12,16,21-22H,7-8,13-15H2,1-2H3,(H,27,31)(H,28,30)/t21-,22+/m0/s1. The third kappa shape index (κ3) is 6.00. The molecule has 1 fully saturated rings. The topological polar surface area (TPSA) is 61.4 Å². The monoisotopic (exact) mass is 461 g/mol. The maximum Gasteiger partial charge on any atom is 0.253 e. The third-order valence-corrected chi connectivity index (χ3v) is 6.34. The van der Waals surface area contributed by atoms with Gasteiger partial charge < -0.3 is 10.6 Å². The first-order chi connectivity index (χ1) is 14.9. The molecule has 1 heterocycles. The predicted octanol–water partition coefficient (Wildman–Crippen LogP) is 4.70. The lowest BCUT2D eigenvalue weighted by Crippen LogP contribution is -2.51. The van der Waals surface area contributed by atoms with Crippen LogP contribution in [0.4, 0.5) is 0 Å². The van der Waals surface area contributed by atoms with E-state index in [1.807, 2.05) is 38.1 Å². The Morgan fingerprint density at radius 1 is 0.968 bits per heavy atom. The molecule has 2 amide bonds. The number of hydrogen-bond donors (Lipinski definition) is 2. The molecular formula is C24H29Cl2N3O2.